The molecule has 5 nitrogen and oxygen atoms in total. The van der Waals surface area contributed by atoms with Crippen LogP contribution in [0.4, 0.5) is 5.69 Å². The molecule has 1 rings (SSSR count). The zero-order valence-electron chi connectivity index (χ0n) is 9.74. The van der Waals surface area contributed by atoms with E-state index in [1.54, 1.807) is 14.0 Å². The molecule has 0 aromatic carbocycles. The van der Waals surface area contributed by atoms with Crippen LogP contribution in [-0.4, -0.2) is 21.7 Å². The van der Waals surface area contributed by atoms with Gasteiger partial charge >= 0.3 is 0 Å². The summed E-state index contributed by atoms with van der Waals surface area (Å²) in [7, 11) is 1.68. The van der Waals surface area contributed by atoms with Gasteiger partial charge in [0.25, 0.3) is 5.91 Å². The smallest absolute Gasteiger partial charge is 0.272 e. The van der Waals surface area contributed by atoms with Crippen molar-refractivity contribution in [1.29, 1.82) is 0 Å². The molecule has 0 fully saturated rings. The van der Waals surface area contributed by atoms with Crippen LogP contribution < -0.4 is 11.1 Å². The number of aromatic nitrogens is 2. The van der Waals surface area contributed by atoms with Crippen LogP contribution in [0.1, 0.15) is 29.5 Å². The Labute approximate surface area is 95.0 Å². The number of nitrogens with two attached hydrogens (primary N) is 1. The van der Waals surface area contributed by atoms with Crippen molar-refractivity contribution in [3.8, 4) is 12.3 Å². The number of hydrogen-bond donors (Lipinski definition) is 2. The van der Waals surface area contributed by atoms with E-state index in [1.165, 1.54) is 4.68 Å². The number of nitrogens with zero attached hydrogens (tertiary/aromatic N) is 2. The van der Waals surface area contributed by atoms with Gasteiger partial charge in [0.1, 0.15) is 5.69 Å². The van der Waals surface area contributed by atoms with Gasteiger partial charge in [0.15, 0.2) is 0 Å². The Bertz CT molecular complexity index is 442. The zero-order valence-corrected chi connectivity index (χ0v) is 9.74. The molecule has 1 aromatic heterocycles. The summed E-state index contributed by atoms with van der Waals surface area (Å²) in [5.41, 5.74) is 7.16. The first kappa shape index (κ1) is 12.1. The van der Waals surface area contributed by atoms with Crippen LogP contribution in [0.25, 0.3) is 0 Å². The third-order valence-corrected chi connectivity index (χ3v) is 2.40. The monoisotopic (exact) mass is 220 g/mol. The fourth-order valence-corrected chi connectivity index (χ4v) is 1.43. The van der Waals surface area contributed by atoms with Crippen molar-refractivity contribution in [2.75, 3.05) is 5.73 Å². The van der Waals surface area contributed by atoms with E-state index >= 15 is 0 Å². The molecule has 1 aromatic rings. The average Bonchev–Trinajstić information content (AvgIpc) is 2.49. The second-order valence-electron chi connectivity index (χ2n) is 3.57. The second-order valence-corrected chi connectivity index (χ2v) is 3.57. The lowest BCUT2D eigenvalue weighted by Gasteiger charge is -2.11. The van der Waals surface area contributed by atoms with E-state index in [9.17, 15) is 4.79 Å². The van der Waals surface area contributed by atoms with Gasteiger partial charge in [-0.25, -0.2) is 0 Å². The summed E-state index contributed by atoms with van der Waals surface area (Å²) in [6.45, 7) is 3.66. The Hall–Kier alpha value is -1.96. The predicted octanol–water partition coefficient (Wildman–Crippen LogP) is 0.452. The van der Waals surface area contributed by atoms with Crippen LogP contribution >= 0.6 is 0 Å². The van der Waals surface area contributed by atoms with Crippen LogP contribution in [-0.2, 0) is 7.05 Å². The first-order valence-electron chi connectivity index (χ1n) is 5.07. The normalized spacial score (nSPS) is 11.9. The fraction of sp³-hybridized carbons (Fsp3) is 0.455. The largest absolute Gasteiger partial charge is 0.395 e. The third kappa shape index (κ3) is 2.16. The van der Waals surface area contributed by atoms with Crippen molar-refractivity contribution in [1.82, 2.24) is 15.1 Å². The minimum absolute atomic E-state index is 0.276. The second kappa shape index (κ2) is 4.71. The van der Waals surface area contributed by atoms with Crippen molar-refractivity contribution in [2.24, 2.45) is 7.05 Å². The van der Waals surface area contributed by atoms with Crippen molar-refractivity contribution >= 4 is 11.6 Å². The zero-order chi connectivity index (χ0) is 12.3. The first-order valence-corrected chi connectivity index (χ1v) is 5.07. The number of hydrogen-bond acceptors (Lipinski definition) is 3. The Morgan fingerprint density at radius 1 is 1.75 bits per heavy atom. The van der Waals surface area contributed by atoms with Gasteiger partial charge in [0.2, 0.25) is 0 Å². The van der Waals surface area contributed by atoms with Crippen LogP contribution in [0.2, 0.25) is 0 Å². The van der Waals surface area contributed by atoms with Gasteiger partial charge in [-0.15, -0.1) is 6.42 Å². The fourth-order valence-electron chi connectivity index (χ4n) is 1.43. The molecule has 0 aliphatic rings. The quantitative estimate of drug-likeness (QED) is 0.726. The molecule has 5 heteroatoms. The number of carbonyl (C=O) groups is 1. The lowest BCUT2D eigenvalue weighted by molar-refractivity contribution is 0.0936. The topological polar surface area (TPSA) is 72.9 Å². The minimum atomic E-state index is -0.287. The Kier molecular flexibility index (Phi) is 3.56. The van der Waals surface area contributed by atoms with Gasteiger partial charge in [-0.2, -0.15) is 5.10 Å². The molecule has 1 atom stereocenters. The molecule has 0 spiro atoms. The molecule has 1 unspecified atom stereocenters. The number of anilines is 1. The molecule has 3 N–H and O–H groups in total. The van der Waals surface area contributed by atoms with Gasteiger partial charge < -0.3 is 11.1 Å². The van der Waals surface area contributed by atoms with Crippen molar-refractivity contribution in [2.45, 2.75) is 26.3 Å². The van der Waals surface area contributed by atoms with E-state index in [0.717, 1.165) is 0 Å². The number of carbonyl (C=O) groups excluding carboxylic acids is 1. The van der Waals surface area contributed by atoms with Crippen LogP contribution in [0.15, 0.2) is 0 Å². The molecule has 16 heavy (non-hydrogen) atoms. The maximum Gasteiger partial charge on any atom is 0.272 e. The summed E-state index contributed by atoms with van der Waals surface area (Å²) >= 11 is 0. The summed E-state index contributed by atoms with van der Waals surface area (Å²) in [5, 5.41) is 6.78. The van der Waals surface area contributed by atoms with Gasteiger partial charge in [-0.1, -0.05) is 12.8 Å². The summed E-state index contributed by atoms with van der Waals surface area (Å²) in [4.78, 5) is 11.9. The highest BCUT2D eigenvalue weighted by Gasteiger charge is 2.19. The molecule has 0 radical (unpaired) electrons. The number of rotatable bonds is 3. The third-order valence-electron chi connectivity index (χ3n) is 2.40. The summed E-state index contributed by atoms with van der Waals surface area (Å²) in [5.74, 6) is 2.21. The average molecular weight is 220 g/mol. The highest BCUT2D eigenvalue weighted by Crippen LogP contribution is 2.15. The maximum atomic E-state index is 11.9. The van der Waals surface area contributed by atoms with E-state index in [0.29, 0.717) is 23.5 Å². The van der Waals surface area contributed by atoms with E-state index in [2.05, 4.69) is 16.3 Å². The Morgan fingerprint density at radius 3 is 2.75 bits per heavy atom. The van der Waals surface area contributed by atoms with Crippen molar-refractivity contribution in [3.05, 3.63) is 11.4 Å². The molecule has 1 heterocycles. The lowest BCUT2D eigenvalue weighted by Crippen LogP contribution is -2.34. The van der Waals surface area contributed by atoms with Crippen LogP contribution in [0, 0.1) is 19.3 Å². The number of nitrogens with one attached hydrogen (secondary N) is 1. The van der Waals surface area contributed by atoms with E-state index < -0.39 is 0 Å². The highest BCUT2D eigenvalue weighted by atomic mass is 16.2. The number of amides is 1. The molecular formula is C11H16N4O. The van der Waals surface area contributed by atoms with Gasteiger partial charge in [0.05, 0.1) is 17.4 Å². The highest BCUT2D eigenvalue weighted by molar-refractivity contribution is 5.98. The Morgan fingerprint density at radius 2 is 2.38 bits per heavy atom. The molecule has 86 valence electrons. The summed E-state index contributed by atoms with van der Waals surface area (Å²) in [6.07, 6.45) is 5.95. The summed E-state index contributed by atoms with van der Waals surface area (Å²) in [6, 6.07) is -0.276. The molecule has 0 aliphatic heterocycles. The first-order chi connectivity index (χ1) is 7.51. The van der Waals surface area contributed by atoms with Gasteiger partial charge in [0, 0.05) is 7.05 Å². The molecule has 0 saturated carbocycles. The standard InChI is InChI=1S/C11H16N4O/c1-5-8(6-2)13-11(16)10-9(12)7(3)14-15(10)4/h1,8H,6,12H2,2-4H3,(H,13,16). The van der Waals surface area contributed by atoms with E-state index in [-0.39, 0.29) is 11.9 Å². The van der Waals surface area contributed by atoms with Crippen LogP contribution in [0.3, 0.4) is 0 Å². The van der Waals surface area contributed by atoms with Crippen molar-refractivity contribution < 1.29 is 4.79 Å². The van der Waals surface area contributed by atoms with Crippen molar-refractivity contribution in [3.63, 3.8) is 0 Å². The van der Waals surface area contributed by atoms with Gasteiger partial charge in [-0.3, -0.25) is 9.48 Å². The molecule has 0 aliphatic carbocycles. The van der Waals surface area contributed by atoms with E-state index in [4.69, 9.17) is 12.2 Å². The number of nitrogen functional groups attached to an aromatic ring is 1. The Balaban J connectivity index is 2.94. The minimum Gasteiger partial charge on any atom is -0.395 e. The van der Waals surface area contributed by atoms with Crippen LogP contribution in [0.5, 0.6) is 0 Å². The lowest BCUT2D eigenvalue weighted by atomic mass is 10.2. The summed E-state index contributed by atoms with van der Waals surface area (Å²) < 4.78 is 1.46. The molecule has 0 saturated heterocycles. The molecule has 1 amide bonds. The maximum absolute atomic E-state index is 11.9. The number of aryl methyl sites for hydroxylation is 2. The predicted molar refractivity (Wildman–Crippen MR) is 62.7 cm³/mol. The van der Waals surface area contributed by atoms with E-state index in [1.807, 2.05) is 6.92 Å². The molecule has 0 bridgehead atoms. The SMILES string of the molecule is C#CC(CC)NC(=O)c1c(N)c(C)nn1C. The molecular weight excluding hydrogens is 204 g/mol. The van der Waals surface area contributed by atoms with Gasteiger partial charge in [-0.05, 0) is 13.3 Å². The number of terminal acetylenes is 1.